The van der Waals surface area contributed by atoms with Gasteiger partial charge >= 0.3 is 5.97 Å². The van der Waals surface area contributed by atoms with Crippen LogP contribution in [0.25, 0.3) is 0 Å². The first-order chi connectivity index (χ1) is 10.6. The Bertz CT molecular complexity index is 646. The molecule has 0 aliphatic rings. The zero-order valence-corrected chi connectivity index (χ0v) is 12.9. The Morgan fingerprint density at radius 1 is 1.36 bits per heavy atom. The van der Waals surface area contributed by atoms with Crippen LogP contribution in [0.5, 0.6) is 0 Å². The lowest BCUT2D eigenvalue weighted by molar-refractivity contribution is -0.140. The number of esters is 1. The van der Waals surface area contributed by atoms with E-state index < -0.39 is 0 Å². The summed E-state index contributed by atoms with van der Waals surface area (Å²) in [6.07, 6.45) is 3.45. The molecule has 7 heteroatoms. The van der Waals surface area contributed by atoms with Crippen LogP contribution < -0.4 is 11.1 Å². The number of hydrogen-bond donors (Lipinski definition) is 2. The first-order valence-electron chi connectivity index (χ1n) is 6.79. The Hall–Kier alpha value is -2.34. The van der Waals surface area contributed by atoms with E-state index in [9.17, 15) is 4.79 Å². The van der Waals surface area contributed by atoms with Gasteiger partial charge < -0.3 is 15.8 Å². The van der Waals surface area contributed by atoms with Crippen molar-refractivity contribution in [3.8, 4) is 0 Å². The fourth-order valence-corrected chi connectivity index (χ4v) is 2.03. The number of hydrogen-bond acceptors (Lipinski definition) is 6. The summed E-state index contributed by atoms with van der Waals surface area (Å²) in [7, 11) is 1.40. The van der Waals surface area contributed by atoms with Crippen molar-refractivity contribution in [3.63, 3.8) is 0 Å². The number of rotatable bonds is 6. The second-order valence-electron chi connectivity index (χ2n) is 4.69. The number of aromatic nitrogens is 2. The quantitative estimate of drug-likeness (QED) is 0.628. The molecular weight excluding hydrogens is 304 g/mol. The third-order valence-electron chi connectivity index (χ3n) is 3.08. The van der Waals surface area contributed by atoms with Gasteiger partial charge in [0.25, 0.3) is 0 Å². The predicted molar refractivity (Wildman–Crippen MR) is 86.1 cm³/mol. The van der Waals surface area contributed by atoms with Crippen LogP contribution >= 0.6 is 11.6 Å². The van der Waals surface area contributed by atoms with E-state index in [0.717, 1.165) is 24.1 Å². The minimum atomic E-state index is -0.186. The molecule has 3 N–H and O–H groups in total. The summed E-state index contributed by atoms with van der Waals surface area (Å²) in [6, 6.07) is 7.81. The van der Waals surface area contributed by atoms with Crippen molar-refractivity contribution in [3.05, 3.63) is 41.3 Å². The van der Waals surface area contributed by atoms with Crippen molar-refractivity contribution in [1.29, 1.82) is 0 Å². The number of nitrogen functional groups attached to an aromatic ring is 1. The Morgan fingerprint density at radius 2 is 2.09 bits per heavy atom. The van der Waals surface area contributed by atoms with Gasteiger partial charge in [0.05, 0.1) is 19.0 Å². The number of halogens is 1. The van der Waals surface area contributed by atoms with E-state index in [1.807, 2.05) is 24.3 Å². The number of anilines is 3. The van der Waals surface area contributed by atoms with Gasteiger partial charge in [-0.3, -0.25) is 4.79 Å². The summed E-state index contributed by atoms with van der Waals surface area (Å²) in [4.78, 5) is 18.9. The van der Waals surface area contributed by atoms with Gasteiger partial charge in [-0.2, -0.15) is 4.98 Å². The average Bonchev–Trinajstić information content (AvgIpc) is 2.52. The van der Waals surface area contributed by atoms with Crippen molar-refractivity contribution in [1.82, 2.24) is 9.97 Å². The first kappa shape index (κ1) is 16.0. The van der Waals surface area contributed by atoms with Gasteiger partial charge in [0, 0.05) is 12.1 Å². The Balaban J connectivity index is 1.94. The number of aryl methyl sites for hydroxylation is 1. The van der Waals surface area contributed by atoms with Crippen LogP contribution in [0.2, 0.25) is 5.28 Å². The minimum absolute atomic E-state index is 0.135. The highest BCUT2D eigenvalue weighted by atomic mass is 35.5. The molecule has 0 saturated heterocycles. The van der Waals surface area contributed by atoms with E-state index in [0.29, 0.717) is 17.9 Å². The number of nitrogens with one attached hydrogen (secondary N) is 1. The van der Waals surface area contributed by atoms with Gasteiger partial charge in [-0.05, 0) is 42.1 Å². The summed E-state index contributed by atoms with van der Waals surface area (Å²) in [5, 5.41) is 3.22. The number of nitrogens with zero attached hydrogens (tertiary/aromatic N) is 2. The SMILES string of the molecule is COC(=O)CCCc1ccc(Nc2nc(Cl)ncc2N)cc1. The van der Waals surface area contributed by atoms with E-state index in [1.54, 1.807) is 0 Å². The molecule has 22 heavy (non-hydrogen) atoms. The van der Waals surface area contributed by atoms with Crippen LogP contribution in [0.15, 0.2) is 30.5 Å². The molecule has 0 bridgehead atoms. The van der Waals surface area contributed by atoms with E-state index in [4.69, 9.17) is 17.3 Å². The molecule has 2 rings (SSSR count). The molecule has 1 heterocycles. The Labute approximate surface area is 133 Å². The van der Waals surface area contributed by atoms with Crippen LogP contribution in [0.1, 0.15) is 18.4 Å². The number of carbonyl (C=O) groups excluding carboxylic acids is 1. The predicted octanol–water partition coefficient (Wildman–Crippen LogP) is 2.95. The smallest absolute Gasteiger partial charge is 0.305 e. The van der Waals surface area contributed by atoms with Crippen molar-refractivity contribution in [2.24, 2.45) is 0 Å². The van der Waals surface area contributed by atoms with Crippen molar-refractivity contribution in [2.75, 3.05) is 18.2 Å². The van der Waals surface area contributed by atoms with Crippen molar-refractivity contribution >= 4 is 34.8 Å². The zero-order valence-electron chi connectivity index (χ0n) is 12.2. The van der Waals surface area contributed by atoms with Crippen LogP contribution in [-0.4, -0.2) is 23.0 Å². The maximum atomic E-state index is 11.1. The lowest BCUT2D eigenvalue weighted by atomic mass is 10.1. The molecule has 1 aromatic heterocycles. The fraction of sp³-hybridized carbons (Fsp3) is 0.267. The molecule has 1 aromatic carbocycles. The fourth-order valence-electron chi connectivity index (χ4n) is 1.90. The lowest BCUT2D eigenvalue weighted by Gasteiger charge is -2.09. The van der Waals surface area contributed by atoms with Crippen LogP contribution in [0, 0.1) is 0 Å². The Morgan fingerprint density at radius 3 is 2.77 bits per heavy atom. The molecular formula is C15H17ClN4O2. The monoisotopic (exact) mass is 320 g/mol. The molecule has 0 fully saturated rings. The standard InChI is InChI=1S/C15H17ClN4O2/c1-22-13(21)4-2-3-10-5-7-11(8-6-10)19-14-12(17)9-18-15(16)20-14/h5-9H,2-4,17H2,1H3,(H,18,19,20). The molecule has 0 saturated carbocycles. The second kappa shape index (κ2) is 7.61. The highest BCUT2D eigenvalue weighted by molar-refractivity contribution is 6.28. The molecule has 116 valence electrons. The number of benzene rings is 1. The topological polar surface area (TPSA) is 90.1 Å². The molecule has 0 aliphatic heterocycles. The third-order valence-corrected chi connectivity index (χ3v) is 3.26. The molecule has 0 unspecified atom stereocenters. The number of methoxy groups -OCH3 is 1. The molecule has 0 atom stereocenters. The maximum Gasteiger partial charge on any atom is 0.305 e. The van der Waals surface area contributed by atoms with Gasteiger partial charge in [-0.15, -0.1) is 0 Å². The van der Waals surface area contributed by atoms with Crippen LogP contribution in [0.3, 0.4) is 0 Å². The maximum absolute atomic E-state index is 11.1. The van der Waals surface area contributed by atoms with Crippen LogP contribution in [0.4, 0.5) is 17.2 Å². The lowest BCUT2D eigenvalue weighted by Crippen LogP contribution is -2.01. The largest absolute Gasteiger partial charge is 0.469 e. The van der Waals surface area contributed by atoms with Gasteiger partial charge in [-0.25, -0.2) is 4.98 Å². The van der Waals surface area contributed by atoms with E-state index in [2.05, 4.69) is 20.0 Å². The molecule has 0 spiro atoms. The zero-order chi connectivity index (χ0) is 15.9. The second-order valence-corrected chi connectivity index (χ2v) is 5.03. The van der Waals surface area contributed by atoms with Gasteiger partial charge in [0.2, 0.25) is 5.28 Å². The van der Waals surface area contributed by atoms with Crippen molar-refractivity contribution in [2.45, 2.75) is 19.3 Å². The van der Waals surface area contributed by atoms with Gasteiger partial charge in [0.1, 0.15) is 0 Å². The third kappa shape index (κ3) is 4.60. The molecule has 0 amide bonds. The minimum Gasteiger partial charge on any atom is -0.469 e. The van der Waals surface area contributed by atoms with E-state index in [-0.39, 0.29) is 11.3 Å². The molecule has 0 aliphatic carbocycles. The number of carbonyl (C=O) groups is 1. The number of nitrogens with two attached hydrogens (primary N) is 1. The summed E-state index contributed by atoms with van der Waals surface area (Å²) in [5.41, 5.74) is 8.19. The molecule has 6 nitrogen and oxygen atoms in total. The average molecular weight is 321 g/mol. The van der Waals surface area contributed by atoms with E-state index in [1.165, 1.54) is 13.3 Å². The highest BCUT2D eigenvalue weighted by Gasteiger charge is 2.04. The number of ether oxygens (including phenoxy) is 1. The van der Waals surface area contributed by atoms with Crippen molar-refractivity contribution < 1.29 is 9.53 Å². The van der Waals surface area contributed by atoms with Gasteiger partial charge in [-0.1, -0.05) is 12.1 Å². The summed E-state index contributed by atoms with van der Waals surface area (Å²) >= 11 is 5.75. The normalized spacial score (nSPS) is 10.3. The summed E-state index contributed by atoms with van der Waals surface area (Å²) in [6.45, 7) is 0. The molecule has 0 radical (unpaired) electrons. The Kier molecular flexibility index (Phi) is 5.55. The van der Waals surface area contributed by atoms with E-state index >= 15 is 0 Å². The van der Waals surface area contributed by atoms with Crippen LogP contribution in [-0.2, 0) is 16.0 Å². The summed E-state index contributed by atoms with van der Waals surface area (Å²) < 4.78 is 4.61. The summed E-state index contributed by atoms with van der Waals surface area (Å²) in [5.74, 6) is 0.285. The first-order valence-corrected chi connectivity index (χ1v) is 7.17. The highest BCUT2D eigenvalue weighted by Crippen LogP contribution is 2.21. The van der Waals surface area contributed by atoms with Gasteiger partial charge in [0.15, 0.2) is 5.82 Å². The molecule has 2 aromatic rings.